The van der Waals surface area contributed by atoms with Crippen LogP contribution in [0.3, 0.4) is 0 Å². The number of pyridine rings is 1. The Morgan fingerprint density at radius 2 is 1.82 bits per heavy atom. The van der Waals surface area contributed by atoms with Crippen molar-refractivity contribution in [3.63, 3.8) is 0 Å². The van der Waals surface area contributed by atoms with E-state index in [2.05, 4.69) is 70.9 Å². The van der Waals surface area contributed by atoms with Gasteiger partial charge in [-0.1, -0.05) is 30.3 Å². The van der Waals surface area contributed by atoms with Crippen molar-refractivity contribution >= 4 is 11.6 Å². The third kappa shape index (κ3) is 5.53. The third-order valence-corrected chi connectivity index (χ3v) is 4.15. The monoisotopic (exact) mass is 380 g/mol. The van der Waals surface area contributed by atoms with Gasteiger partial charge in [0.1, 0.15) is 0 Å². The number of ether oxygens (including phenoxy) is 1. The summed E-state index contributed by atoms with van der Waals surface area (Å²) in [6.45, 7) is 7.99. The molecule has 0 radical (unpaired) electrons. The third-order valence-electron chi connectivity index (χ3n) is 4.15. The van der Waals surface area contributed by atoms with E-state index < -0.39 is 0 Å². The van der Waals surface area contributed by atoms with Crippen LogP contribution in [0.1, 0.15) is 37.7 Å². The maximum atomic E-state index is 5.86. The summed E-state index contributed by atoms with van der Waals surface area (Å²) in [5.41, 5.74) is 3.01. The van der Waals surface area contributed by atoms with Gasteiger partial charge in [0.05, 0.1) is 18.8 Å². The summed E-state index contributed by atoms with van der Waals surface area (Å²) in [5, 5.41) is 15.0. The SMILES string of the molecule is CN=C(NCc1cccc(COC(C)(C)C)c1)NCc1nnc2ccccn12. The highest BCUT2D eigenvalue weighted by Crippen LogP contribution is 2.13. The minimum atomic E-state index is -0.147. The molecule has 3 aromatic rings. The lowest BCUT2D eigenvalue weighted by Gasteiger charge is -2.19. The first kappa shape index (κ1) is 19.8. The molecule has 0 unspecified atom stereocenters. The molecule has 0 bridgehead atoms. The van der Waals surface area contributed by atoms with Crippen molar-refractivity contribution in [1.82, 2.24) is 25.2 Å². The zero-order valence-corrected chi connectivity index (χ0v) is 16.9. The van der Waals surface area contributed by atoms with Gasteiger partial charge in [0.2, 0.25) is 0 Å². The average Bonchev–Trinajstić information content (AvgIpc) is 3.10. The van der Waals surface area contributed by atoms with Crippen LogP contribution in [-0.2, 0) is 24.4 Å². The van der Waals surface area contributed by atoms with Crippen LogP contribution in [0, 0.1) is 0 Å². The summed E-state index contributed by atoms with van der Waals surface area (Å²) in [6, 6.07) is 14.2. The van der Waals surface area contributed by atoms with Gasteiger partial charge >= 0.3 is 0 Å². The summed E-state index contributed by atoms with van der Waals surface area (Å²) in [7, 11) is 1.75. The van der Waals surface area contributed by atoms with Crippen molar-refractivity contribution in [2.24, 2.45) is 4.99 Å². The number of aliphatic imine (C=N–C) groups is 1. The Kier molecular flexibility index (Phi) is 6.26. The van der Waals surface area contributed by atoms with Crippen LogP contribution < -0.4 is 10.6 Å². The van der Waals surface area contributed by atoms with E-state index in [-0.39, 0.29) is 5.60 Å². The standard InChI is InChI=1S/C21H28N6O/c1-21(2,3)28-15-17-9-7-8-16(12-17)13-23-20(22-4)24-14-19-26-25-18-10-5-6-11-27(18)19/h5-12H,13-15H2,1-4H3,(H2,22,23,24). The molecule has 0 atom stereocenters. The van der Waals surface area contributed by atoms with Crippen LogP contribution in [-0.4, -0.2) is 33.2 Å². The highest BCUT2D eigenvalue weighted by Gasteiger charge is 2.10. The van der Waals surface area contributed by atoms with Crippen molar-refractivity contribution in [2.75, 3.05) is 7.05 Å². The Morgan fingerprint density at radius 1 is 1.04 bits per heavy atom. The maximum Gasteiger partial charge on any atom is 0.191 e. The number of benzene rings is 1. The highest BCUT2D eigenvalue weighted by atomic mass is 16.5. The summed E-state index contributed by atoms with van der Waals surface area (Å²) in [6.07, 6.45) is 1.95. The van der Waals surface area contributed by atoms with Crippen molar-refractivity contribution in [2.45, 2.75) is 46.1 Å². The van der Waals surface area contributed by atoms with Crippen LogP contribution >= 0.6 is 0 Å². The Bertz CT molecular complexity index is 941. The van der Waals surface area contributed by atoms with Crippen LogP contribution in [0.2, 0.25) is 0 Å². The topological polar surface area (TPSA) is 75.8 Å². The molecule has 148 valence electrons. The molecule has 0 aliphatic carbocycles. The second-order valence-corrected chi connectivity index (χ2v) is 7.55. The molecule has 0 amide bonds. The first-order valence-electron chi connectivity index (χ1n) is 9.39. The molecule has 2 aromatic heterocycles. The molecule has 0 fully saturated rings. The van der Waals surface area contributed by atoms with Gasteiger partial charge in [-0.2, -0.15) is 0 Å². The number of nitrogens with zero attached hydrogens (tertiary/aromatic N) is 4. The zero-order chi connectivity index (χ0) is 20.0. The van der Waals surface area contributed by atoms with Gasteiger partial charge in [-0.3, -0.25) is 9.39 Å². The molecule has 0 aliphatic rings. The van der Waals surface area contributed by atoms with E-state index in [1.54, 1.807) is 7.05 Å². The lowest BCUT2D eigenvalue weighted by Crippen LogP contribution is -2.36. The molecule has 7 heteroatoms. The van der Waals surface area contributed by atoms with E-state index in [1.165, 1.54) is 5.56 Å². The molecule has 28 heavy (non-hydrogen) atoms. The number of guanidine groups is 1. The Hall–Kier alpha value is -2.93. The number of hydrogen-bond acceptors (Lipinski definition) is 4. The molecule has 2 heterocycles. The van der Waals surface area contributed by atoms with Crippen molar-refractivity contribution < 1.29 is 4.74 Å². The molecular formula is C21H28N6O. The van der Waals surface area contributed by atoms with Gasteiger partial charge in [0, 0.05) is 19.8 Å². The molecule has 3 rings (SSSR count). The molecule has 0 spiro atoms. The zero-order valence-electron chi connectivity index (χ0n) is 16.9. The lowest BCUT2D eigenvalue weighted by molar-refractivity contribution is -0.0149. The van der Waals surface area contributed by atoms with Crippen LogP contribution in [0.25, 0.3) is 5.65 Å². The first-order valence-corrected chi connectivity index (χ1v) is 9.39. The van der Waals surface area contributed by atoms with Gasteiger partial charge in [-0.15, -0.1) is 10.2 Å². The van der Waals surface area contributed by atoms with E-state index in [1.807, 2.05) is 28.8 Å². The highest BCUT2D eigenvalue weighted by molar-refractivity contribution is 5.79. The van der Waals surface area contributed by atoms with Gasteiger partial charge < -0.3 is 15.4 Å². The minimum Gasteiger partial charge on any atom is -0.371 e. The molecule has 7 nitrogen and oxygen atoms in total. The van der Waals surface area contributed by atoms with Gasteiger partial charge in [-0.05, 0) is 44.0 Å². The molecule has 0 saturated carbocycles. The molecule has 2 N–H and O–H groups in total. The summed E-state index contributed by atoms with van der Waals surface area (Å²) >= 11 is 0. The molecule has 0 aliphatic heterocycles. The van der Waals surface area contributed by atoms with Gasteiger partial charge in [0.25, 0.3) is 0 Å². The number of rotatable bonds is 6. The lowest BCUT2D eigenvalue weighted by atomic mass is 10.1. The van der Waals surface area contributed by atoms with E-state index in [4.69, 9.17) is 4.74 Å². The van der Waals surface area contributed by atoms with Crippen molar-refractivity contribution in [3.8, 4) is 0 Å². The summed E-state index contributed by atoms with van der Waals surface area (Å²) in [4.78, 5) is 4.29. The van der Waals surface area contributed by atoms with Gasteiger partial charge in [0.15, 0.2) is 17.4 Å². The predicted octanol–water partition coefficient (Wildman–Crippen LogP) is 2.91. The number of hydrogen-bond donors (Lipinski definition) is 2. The fourth-order valence-corrected chi connectivity index (χ4v) is 2.71. The molecular weight excluding hydrogens is 352 g/mol. The van der Waals surface area contributed by atoms with E-state index in [9.17, 15) is 0 Å². The number of aromatic nitrogens is 3. The first-order chi connectivity index (χ1) is 13.4. The van der Waals surface area contributed by atoms with Crippen LogP contribution in [0.15, 0.2) is 53.7 Å². The maximum absolute atomic E-state index is 5.86. The average molecular weight is 380 g/mol. The van der Waals surface area contributed by atoms with E-state index in [0.717, 1.165) is 17.0 Å². The molecule has 0 saturated heterocycles. The van der Waals surface area contributed by atoms with E-state index >= 15 is 0 Å². The summed E-state index contributed by atoms with van der Waals surface area (Å²) < 4.78 is 7.82. The fourth-order valence-electron chi connectivity index (χ4n) is 2.71. The normalized spacial score (nSPS) is 12.4. The van der Waals surface area contributed by atoms with Crippen molar-refractivity contribution in [3.05, 3.63) is 65.6 Å². The summed E-state index contributed by atoms with van der Waals surface area (Å²) in [5.74, 6) is 1.55. The fraction of sp³-hybridized carbons (Fsp3) is 0.381. The van der Waals surface area contributed by atoms with Crippen LogP contribution in [0.4, 0.5) is 0 Å². The minimum absolute atomic E-state index is 0.147. The Morgan fingerprint density at radius 3 is 2.61 bits per heavy atom. The largest absolute Gasteiger partial charge is 0.371 e. The van der Waals surface area contributed by atoms with Crippen LogP contribution in [0.5, 0.6) is 0 Å². The second kappa shape index (κ2) is 8.84. The number of nitrogens with one attached hydrogen (secondary N) is 2. The second-order valence-electron chi connectivity index (χ2n) is 7.55. The van der Waals surface area contributed by atoms with Crippen molar-refractivity contribution in [1.29, 1.82) is 0 Å². The van der Waals surface area contributed by atoms with E-state index in [0.29, 0.717) is 25.7 Å². The quantitative estimate of drug-likeness (QED) is 0.508. The Balaban J connectivity index is 1.54. The smallest absolute Gasteiger partial charge is 0.191 e. The van der Waals surface area contributed by atoms with Gasteiger partial charge in [-0.25, -0.2) is 0 Å². The predicted molar refractivity (Wildman–Crippen MR) is 111 cm³/mol. The molecule has 1 aromatic carbocycles. The Labute approximate surface area is 165 Å². The number of fused-ring (bicyclic) bond motifs is 1.